The van der Waals surface area contributed by atoms with Crippen LogP contribution in [-0.4, -0.2) is 80.1 Å². The maximum Gasteiger partial charge on any atom is 0.237 e. The zero-order chi connectivity index (χ0) is 18.2. The molecule has 0 aromatic carbocycles. The summed E-state index contributed by atoms with van der Waals surface area (Å²) in [6, 6.07) is 0.00807. The number of carbonyl (C=O) groups excluding carboxylic acids is 2. The summed E-state index contributed by atoms with van der Waals surface area (Å²) in [5.74, 6) is 0.400. The molecule has 1 aliphatic carbocycles. The van der Waals surface area contributed by atoms with E-state index in [1.165, 1.54) is 0 Å². The quantitative estimate of drug-likeness (QED) is 0.593. The van der Waals surface area contributed by atoms with Crippen molar-refractivity contribution < 1.29 is 14.3 Å². The Hall–Kier alpha value is -0.600. The first kappa shape index (κ1) is 26.4. The lowest BCUT2D eigenvalue weighted by Crippen LogP contribution is -2.56. The van der Waals surface area contributed by atoms with Crippen LogP contribution in [0.4, 0.5) is 0 Å². The summed E-state index contributed by atoms with van der Waals surface area (Å²) in [4.78, 5) is 29.0. The summed E-state index contributed by atoms with van der Waals surface area (Å²) in [7, 11) is 1.66. The Morgan fingerprint density at radius 3 is 2.44 bits per heavy atom. The molecule has 0 aromatic heterocycles. The van der Waals surface area contributed by atoms with Gasteiger partial charge in [-0.1, -0.05) is 6.42 Å². The van der Waals surface area contributed by atoms with Crippen LogP contribution in [0.5, 0.6) is 0 Å². The summed E-state index contributed by atoms with van der Waals surface area (Å²) < 4.78 is 4.98. The third kappa shape index (κ3) is 8.11. The Balaban J connectivity index is 0.00000338. The van der Waals surface area contributed by atoms with Gasteiger partial charge in [0, 0.05) is 58.4 Å². The van der Waals surface area contributed by atoms with Crippen LogP contribution in [0.3, 0.4) is 0 Å². The van der Waals surface area contributed by atoms with Crippen molar-refractivity contribution in [3.05, 3.63) is 0 Å². The summed E-state index contributed by atoms with van der Waals surface area (Å²) in [6.07, 6.45) is 4.69. The fraction of sp³-hybridized carbons (Fsp3) is 0.889. The molecular weight excluding hydrogens is 391 g/mol. The normalized spacial score (nSPS) is 24.3. The number of methoxy groups -OCH3 is 1. The number of piperazine rings is 1. The highest BCUT2D eigenvalue weighted by molar-refractivity contribution is 5.85. The molecule has 1 heterocycles. The first-order valence-corrected chi connectivity index (χ1v) is 9.58. The summed E-state index contributed by atoms with van der Waals surface area (Å²) in [6.45, 7) is 6.12. The zero-order valence-electron chi connectivity index (χ0n) is 16.5. The van der Waals surface area contributed by atoms with E-state index in [9.17, 15) is 9.59 Å². The molecule has 2 amide bonds. The van der Waals surface area contributed by atoms with Gasteiger partial charge < -0.3 is 20.7 Å². The van der Waals surface area contributed by atoms with Crippen LogP contribution < -0.4 is 11.1 Å². The van der Waals surface area contributed by atoms with Gasteiger partial charge in [-0.05, 0) is 32.6 Å². The fourth-order valence-corrected chi connectivity index (χ4v) is 3.78. The van der Waals surface area contributed by atoms with E-state index < -0.39 is 0 Å². The first-order valence-electron chi connectivity index (χ1n) is 9.58. The molecule has 160 valence electrons. The van der Waals surface area contributed by atoms with Gasteiger partial charge in [0.05, 0.1) is 6.04 Å². The molecular formula is C18H36Cl2N4O3. The molecule has 9 heteroatoms. The van der Waals surface area contributed by atoms with Crippen LogP contribution in [0.1, 0.15) is 39.0 Å². The van der Waals surface area contributed by atoms with Crippen molar-refractivity contribution in [1.29, 1.82) is 0 Å². The largest absolute Gasteiger partial charge is 0.385 e. The van der Waals surface area contributed by atoms with Gasteiger partial charge in [0.15, 0.2) is 0 Å². The number of nitrogens with two attached hydrogens (primary N) is 1. The highest BCUT2D eigenvalue weighted by atomic mass is 35.5. The summed E-state index contributed by atoms with van der Waals surface area (Å²) >= 11 is 0. The average molecular weight is 427 g/mol. The Morgan fingerprint density at radius 2 is 1.85 bits per heavy atom. The fourth-order valence-electron chi connectivity index (χ4n) is 3.78. The number of carbonyl (C=O) groups is 2. The maximum atomic E-state index is 12.7. The van der Waals surface area contributed by atoms with E-state index >= 15 is 0 Å². The molecule has 0 aromatic rings. The van der Waals surface area contributed by atoms with Crippen molar-refractivity contribution >= 4 is 36.6 Å². The number of hydrogen-bond donors (Lipinski definition) is 2. The lowest BCUT2D eigenvalue weighted by molar-refractivity contribution is -0.139. The number of hydrogen-bond acceptors (Lipinski definition) is 5. The van der Waals surface area contributed by atoms with Crippen molar-refractivity contribution in [2.75, 3.05) is 46.4 Å². The zero-order valence-corrected chi connectivity index (χ0v) is 18.2. The number of amides is 2. The molecule has 27 heavy (non-hydrogen) atoms. The van der Waals surface area contributed by atoms with E-state index in [0.29, 0.717) is 26.2 Å². The molecule has 0 spiro atoms. The van der Waals surface area contributed by atoms with Crippen LogP contribution >= 0.6 is 24.8 Å². The van der Waals surface area contributed by atoms with Gasteiger partial charge in [-0.3, -0.25) is 14.5 Å². The molecule has 7 nitrogen and oxygen atoms in total. The van der Waals surface area contributed by atoms with Gasteiger partial charge in [0.25, 0.3) is 0 Å². The van der Waals surface area contributed by atoms with E-state index in [1.54, 1.807) is 7.11 Å². The van der Waals surface area contributed by atoms with Crippen molar-refractivity contribution in [1.82, 2.24) is 15.1 Å². The predicted octanol–water partition coefficient (Wildman–Crippen LogP) is 1.03. The molecule has 0 radical (unpaired) electrons. The van der Waals surface area contributed by atoms with Crippen LogP contribution in [0.2, 0.25) is 0 Å². The maximum absolute atomic E-state index is 12.7. The number of ether oxygens (including phenoxy) is 1. The SMILES string of the molecule is COCCCNC(=O)C(C)N1CCN(C(=O)C2CCCC(N)C2)CC1.Cl.Cl. The second-order valence-corrected chi connectivity index (χ2v) is 7.30. The molecule has 3 atom stereocenters. The Labute approximate surface area is 175 Å². The van der Waals surface area contributed by atoms with E-state index in [-0.39, 0.29) is 54.6 Å². The number of rotatable bonds is 7. The topological polar surface area (TPSA) is 87.9 Å². The highest BCUT2D eigenvalue weighted by Crippen LogP contribution is 2.25. The smallest absolute Gasteiger partial charge is 0.237 e. The second-order valence-electron chi connectivity index (χ2n) is 7.30. The third-order valence-electron chi connectivity index (χ3n) is 5.44. The van der Waals surface area contributed by atoms with Crippen molar-refractivity contribution in [3.8, 4) is 0 Å². The predicted molar refractivity (Wildman–Crippen MR) is 112 cm³/mol. The minimum absolute atomic E-state index is 0. The van der Waals surface area contributed by atoms with Crippen LogP contribution in [0, 0.1) is 5.92 Å². The second kappa shape index (κ2) is 13.6. The monoisotopic (exact) mass is 426 g/mol. The van der Waals surface area contributed by atoms with Gasteiger partial charge in [-0.2, -0.15) is 0 Å². The molecule has 2 fully saturated rings. The van der Waals surface area contributed by atoms with Crippen LogP contribution in [-0.2, 0) is 14.3 Å². The minimum atomic E-state index is -0.164. The molecule has 1 saturated heterocycles. The van der Waals surface area contributed by atoms with E-state index in [2.05, 4.69) is 10.2 Å². The molecule has 2 rings (SSSR count). The lowest BCUT2D eigenvalue weighted by atomic mass is 9.85. The highest BCUT2D eigenvalue weighted by Gasteiger charge is 2.32. The number of nitrogens with one attached hydrogen (secondary N) is 1. The molecule has 1 aliphatic heterocycles. The molecule has 1 saturated carbocycles. The Morgan fingerprint density at radius 1 is 1.19 bits per heavy atom. The van der Waals surface area contributed by atoms with Crippen molar-refractivity contribution in [3.63, 3.8) is 0 Å². The first-order chi connectivity index (χ1) is 12.0. The summed E-state index contributed by atoms with van der Waals surface area (Å²) in [5.41, 5.74) is 6.02. The molecule has 3 N–H and O–H groups in total. The van der Waals surface area contributed by atoms with Gasteiger partial charge in [-0.15, -0.1) is 24.8 Å². The molecule has 3 unspecified atom stereocenters. The van der Waals surface area contributed by atoms with Gasteiger partial charge >= 0.3 is 0 Å². The van der Waals surface area contributed by atoms with Crippen molar-refractivity contribution in [2.24, 2.45) is 11.7 Å². The number of halogens is 2. The van der Waals surface area contributed by atoms with Gasteiger partial charge in [0.1, 0.15) is 0 Å². The average Bonchev–Trinajstić information content (AvgIpc) is 2.64. The van der Waals surface area contributed by atoms with E-state index in [1.807, 2.05) is 11.8 Å². The van der Waals surface area contributed by atoms with Crippen LogP contribution in [0.25, 0.3) is 0 Å². The molecule has 0 bridgehead atoms. The lowest BCUT2D eigenvalue weighted by Gasteiger charge is -2.39. The van der Waals surface area contributed by atoms with E-state index in [0.717, 1.165) is 45.2 Å². The third-order valence-corrected chi connectivity index (χ3v) is 5.44. The van der Waals surface area contributed by atoms with Gasteiger partial charge in [0.2, 0.25) is 11.8 Å². The van der Waals surface area contributed by atoms with Crippen LogP contribution in [0.15, 0.2) is 0 Å². The summed E-state index contributed by atoms with van der Waals surface area (Å²) in [5, 5.41) is 2.95. The Bertz CT molecular complexity index is 448. The standard InChI is InChI=1S/C18H34N4O3.2ClH/c1-14(17(23)20-7-4-12-25-2)21-8-10-22(11-9-21)18(24)15-5-3-6-16(19)13-15;;/h14-16H,3-13,19H2,1-2H3,(H,20,23);2*1H. The Kier molecular flexibility index (Phi) is 13.3. The number of nitrogens with zero attached hydrogens (tertiary/aromatic N) is 2. The minimum Gasteiger partial charge on any atom is -0.385 e. The van der Waals surface area contributed by atoms with E-state index in [4.69, 9.17) is 10.5 Å². The van der Waals surface area contributed by atoms with Crippen molar-refractivity contribution in [2.45, 2.75) is 51.1 Å². The van der Waals surface area contributed by atoms with Gasteiger partial charge in [-0.25, -0.2) is 0 Å². The molecule has 2 aliphatic rings.